The fourth-order valence-electron chi connectivity index (χ4n) is 0.957. The fourth-order valence-corrected chi connectivity index (χ4v) is 0.957. The van der Waals surface area contributed by atoms with Crippen LogP contribution < -0.4 is 16.6 Å². The monoisotopic (exact) mass is 226 g/mol. The number of nitrogens with one attached hydrogen (secondary N) is 2. The van der Waals surface area contributed by atoms with E-state index in [1.807, 2.05) is 0 Å². The molecular formula is C8H10N4O4. The van der Waals surface area contributed by atoms with Crippen molar-refractivity contribution in [2.75, 3.05) is 11.1 Å². The summed E-state index contributed by atoms with van der Waals surface area (Å²) in [6, 6.07) is 0. The molecule has 16 heavy (non-hydrogen) atoms. The Morgan fingerprint density at radius 3 is 2.75 bits per heavy atom. The Kier molecular flexibility index (Phi) is 3.59. The molecule has 0 aromatic carbocycles. The van der Waals surface area contributed by atoms with Gasteiger partial charge >= 0.3 is 5.97 Å². The quantitative estimate of drug-likeness (QED) is 0.527. The highest BCUT2D eigenvalue weighted by Crippen LogP contribution is 2.07. The van der Waals surface area contributed by atoms with Crippen LogP contribution in [0.1, 0.15) is 12.8 Å². The van der Waals surface area contributed by atoms with Crippen LogP contribution >= 0.6 is 0 Å². The summed E-state index contributed by atoms with van der Waals surface area (Å²) in [5.74, 6) is -1.82. The topological polar surface area (TPSA) is 138 Å². The van der Waals surface area contributed by atoms with Gasteiger partial charge in [0, 0.05) is 6.42 Å². The van der Waals surface area contributed by atoms with Crippen molar-refractivity contribution in [1.82, 2.24) is 9.97 Å². The average Bonchev–Trinajstić information content (AvgIpc) is 2.21. The van der Waals surface area contributed by atoms with Crippen molar-refractivity contribution >= 4 is 23.4 Å². The average molecular weight is 226 g/mol. The van der Waals surface area contributed by atoms with Crippen molar-refractivity contribution in [2.45, 2.75) is 12.8 Å². The Morgan fingerprint density at radius 1 is 1.50 bits per heavy atom. The van der Waals surface area contributed by atoms with Gasteiger partial charge in [-0.2, -0.15) is 0 Å². The number of hydrogen-bond donors (Lipinski definition) is 4. The number of carbonyl (C=O) groups excluding carboxylic acids is 1. The molecule has 1 heterocycles. The van der Waals surface area contributed by atoms with Crippen molar-refractivity contribution in [3.05, 3.63) is 16.7 Å². The first-order valence-corrected chi connectivity index (χ1v) is 4.35. The molecule has 0 aliphatic carbocycles. The first kappa shape index (κ1) is 11.7. The van der Waals surface area contributed by atoms with Crippen molar-refractivity contribution < 1.29 is 14.7 Å². The van der Waals surface area contributed by atoms with E-state index in [0.29, 0.717) is 0 Å². The van der Waals surface area contributed by atoms with Crippen LogP contribution in [0.3, 0.4) is 0 Å². The van der Waals surface area contributed by atoms with E-state index in [1.165, 1.54) is 0 Å². The van der Waals surface area contributed by atoms with Gasteiger partial charge in [0.25, 0.3) is 5.56 Å². The van der Waals surface area contributed by atoms with Gasteiger partial charge in [-0.15, -0.1) is 0 Å². The summed E-state index contributed by atoms with van der Waals surface area (Å²) in [6.07, 6.45) is 0.553. The lowest BCUT2D eigenvalue weighted by atomic mass is 10.3. The minimum Gasteiger partial charge on any atom is -0.481 e. The van der Waals surface area contributed by atoms with Gasteiger partial charge in [-0.3, -0.25) is 14.4 Å². The predicted octanol–water partition coefficient (Wildman–Crippen LogP) is -0.845. The molecule has 0 bridgehead atoms. The standard InChI is InChI=1S/C8H10N4O4/c9-7-6(8(16)11-3-10-7)12-4(13)1-2-5(14)15/h3H,1-2H2,(H,12,13)(H,14,15)(H3,9,10,11,16). The molecule has 8 heteroatoms. The van der Waals surface area contributed by atoms with Crippen LogP contribution in [0.2, 0.25) is 0 Å². The number of nitrogens with two attached hydrogens (primary N) is 1. The van der Waals surface area contributed by atoms with E-state index in [4.69, 9.17) is 10.8 Å². The highest BCUT2D eigenvalue weighted by atomic mass is 16.4. The third kappa shape index (κ3) is 3.08. The second-order valence-corrected chi connectivity index (χ2v) is 2.93. The maximum Gasteiger partial charge on any atom is 0.303 e. The van der Waals surface area contributed by atoms with E-state index >= 15 is 0 Å². The normalized spacial score (nSPS) is 9.75. The molecule has 0 saturated carbocycles. The third-order valence-electron chi connectivity index (χ3n) is 1.71. The van der Waals surface area contributed by atoms with Crippen molar-refractivity contribution in [2.24, 2.45) is 0 Å². The van der Waals surface area contributed by atoms with Crippen LogP contribution in [0.5, 0.6) is 0 Å². The summed E-state index contributed by atoms with van der Waals surface area (Å²) >= 11 is 0. The molecule has 8 nitrogen and oxygen atoms in total. The van der Waals surface area contributed by atoms with Gasteiger partial charge in [0.15, 0.2) is 5.82 Å². The summed E-state index contributed by atoms with van der Waals surface area (Å²) in [4.78, 5) is 38.4. The van der Waals surface area contributed by atoms with E-state index < -0.39 is 17.4 Å². The molecule has 0 aliphatic heterocycles. The Labute approximate surface area is 89.5 Å². The number of carboxylic acids is 1. The zero-order valence-electron chi connectivity index (χ0n) is 8.19. The second kappa shape index (κ2) is 4.91. The maximum atomic E-state index is 11.2. The fraction of sp³-hybridized carbons (Fsp3) is 0.250. The largest absolute Gasteiger partial charge is 0.481 e. The number of hydrogen-bond acceptors (Lipinski definition) is 5. The number of aliphatic carboxylic acids is 1. The number of H-pyrrole nitrogens is 1. The van der Waals surface area contributed by atoms with Crippen molar-refractivity contribution in [3.63, 3.8) is 0 Å². The number of aromatic nitrogens is 2. The first-order chi connectivity index (χ1) is 7.50. The summed E-state index contributed by atoms with van der Waals surface area (Å²) in [6.45, 7) is 0. The molecule has 0 saturated heterocycles. The van der Waals surface area contributed by atoms with Gasteiger partial charge in [-0.1, -0.05) is 0 Å². The van der Waals surface area contributed by atoms with Gasteiger partial charge < -0.3 is 21.1 Å². The van der Waals surface area contributed by atoms with Crippen LogP contribution in [-0.4, -0.2) is 27.0 Å². The SMILES string of the molecule is Nc1nc[nH]c(=O)c1NC(=O)CCC(=O)O. The number of anilines is 2. The number of aromatic amines is 1. The molecule has 0 radical (unpaired) electrons. The predicted molar refractivity (Wildman–Crippen MR) is 54.8 cm³/mol. The van der Waals surface area contributed by atoms with Gasteiger partial charge in [0.2, 0.25) is 5.91 Å². The number of nitrogens with zero attached hydrogens (tertiary/aromatic N) is 1. The van der Waals surface area contributed by atoms with Crippen molar-refractivity contribution in [3.8, 4) is 0 Å². The molecule has 0 unspecified atom stereocenters. The maximum absolute atomic E-state index is 11.2. The number of carboxylic acid groups (broad SMARTS) is 1. The van der Waals surface area contributed by atoms with Gasteiger partial charge in [-0.25, -0.2) is 4.98 Å². The molecule has 1 rings (SSSR count). The van der Waals surface area contributed by atoms with E-state index in [2.05, 4.69) is 15.3 Å². The zero-order valence-corrected chi connectivity index (χ0v) is 8.19. The second-order valence-electron chi connectivity index (χ2n) is 2.93. The molecule has 0 aliphatic rings. The Balaban J connectivity index is 2.70. The summed E-state index contributed by atoms with van der Waals surface area (Å²) < 4.78 is 0. The molecular weight excluding hydrogens is 216 g/mol. The molecule has 0 atom stereocenters. The zero-order chi connectivity index (χ0) is 12.1. The van der Waals surface area contributed by atoms with Crippen LogP contribution in [0.4, 0.5) is 11.5 Å². The molecule has 0 spiro atoms. The summed E-state index contributed by atoms with van der Waals surface area (Å²) in [5, 5.41) is 10.6. The Morgan fingerprint density at radius 2 is 2.19 bits per heavy atom. The first-order valence-electron chi connectivity index (χ1n) is 4.35. The van der Waals surface area contributed by atoms with Crippen LogP contribution in [-0.2, 0) is 9.59 Å². The number of amides is 1. The third-order valence-corrected chi connectivity index (χ3v) is 1.71. The van der Waals surface area contributed by atoms with Gasteiger partial charge in [0.1, 0.15) is 5.69 Å². The van der Waals surface area contributed by atoms with E-state index in [9.17, 15) is 14.4 Å². The minimum atomic E-state index is -1.09. The lowest BCUT2D eigenvalue weighted by Crippen LogP contribution is -2.22. The molecule has 1 aromatic heterocycles. The number of carbonyl (C=O) groups is 2. The highest BCUT2D eigenvalue weighted by molar-refractivity contribution is 5.94. The van der Waals surface area contributed by atoms with Crippen LogP contribution in [0.25, 0.3) is 0 Å². The molecule has 1 aromatic rings. The Hall–Kier alpha value is -2.38. The minimum absolute atomic E-state index is 0.118. The highest BCUT2D eigenvalue weighted by Gasteiger charge is 2.10. The molecule has 86 valence electrons. The van der Waals surface area contributed by atoms with E-state index in [-0.39, 0.29) is 24.3 Å². The Bertz CT molecular complexity index is 467. The lowest BCUT2D eigenvalue weighted by Gasteiger charge is -2.04. The van der Waals surface area contributed by atoms with Crippen molar-refractivity contribution in [1.29, 1.82) is 0 Å². The summed E-state index contributed by atoms with van der Waals surface area (Å²) in [7, 11) is 0. The molecule has 5 N–H and O–H groups in total. The van der Waals surface area contributed by atoms with E-state index in [1.54, 1.807) is 0 Å². The van der Waals surface area contributed by atoms with E-state index in [0.717, 1.165) is 6.33 Å². The smallest absolute Gasteiger partial charge is 0.303 e. The lowest BCUT2D eigenvalue weighted by molar-refractivity contribution is -0.138. The number of rotatable bonds is 4. The molecule has 1 amide bonds. The molecule has 0 fully saturated rings. The van der Waals surface area contributed by atoms with Gasteiger partial charge in [-0.05, 0) is 0 Å². The van der Waals surface area contributed by atoms with Crippen LogP contribution in [0.15, 0.2) is 11.1 Å². The summed E-state index contributed by atoms with van der Waals surface area (Å²) in [5.41, 5.74) is 4.61. The number of nitrogen functional groups attached to an aromatic ring is 1. The van der Waals surface area contributed by atoms with Crippen LogP contribution in [0, 0.1) is 0 Å². The van der Waals surface area contributed by atoms with Gasteiger partial charge in [0.05, 0.1) is 12.7 Å².